The third kappa shape index (κ3) is 5.68. The number of unbranched alkanes of at least 4 members (excludes halogenated alkanes) is 1. The van der Waals surface area contributed by atoms with Crippen LogP contribution in [0.2, 0.25) is 0 Å². The lowest BCUT2D eigenvalue weighted by molar-refractivity contribution is -0.145. The maximum atomic E-state index is 11.7. The fraction of sp³-hybridized carbons (Fsp3) is 0.833. The monoisotopic (exact) mass is 244 g/mol. The summed E-state index contributed by atoms with van der Waals surface area (Å²) in [6.45, 7) is 7.32. The molecule has 5 heteroatoms. The highest BCUT2D eigenvalue weighted by Crippen LogP contribution is 2.19. The van der Waals surface area contributed by atoms with E-state index in [1.54, 1.807) is 20.8 Å². The minimum atomic E-state index is -1.03. The van der Waals surface area contributed by atoms with Crippen molar-refractivity contribution in [2.45, 2.75) is 59.0 Å². The zero-order valence-electron chi connectivity index (χ0n) is 11.1. The fourth-order valence-corrected chi connectivity index (χ4v) is 1.45. The molecule has 4 N–H and O–H groups in total. The van der Waals surface area contributed by atoms with Crippen LogP contribution in [0.5, 0.6) is 0 Å². The number of amides is 1. The molecule has 0 fully saturated rings. The Morgan fingerprint density at radius 1 is 1.35 bits per heavy atom. The molecule has 0 aromatic rings. The van der Waals surface area contributed by atoms with Crippen molar-refractivity contribution in [2.75, 3.05) is 0 Å². The van der Waals surface area contributed by atoms with Gasteiger partial charge in [-0.05, 0) is 11.8 Å². The predicted octanol–water partition coefficient (Wildman–Crippen LogP) is 1.12. The maximum absolute atomic E-state index is 11.7. The maximum Gasteiger partial charge on any atom is 0.326 e. The second kappa shape index (κ2) is 6.59. The Morgan fingerprint density at radius 3 is 2.24 bits per heavy atom. The number of nitrogens with one attached hydrogen (secondary N) is 1. The zero-order chi connectivity index (χ0) is 13.6. The van der Waals surface area contributed by atoms with Crippen molar-refractivity contribution >= 4 is 11.9 Å². The van der Waals surface area contributed by atoms with Crippen LogP contribution in [-0.4, -0.2) is 29.1 Å². The summed E-state index contributed by atoms with van der Waals surface area (Å²) in [5.41, 5.74) is 5.15. The number of aliphatic carboxylic acids is 1. The Hall–Kier alpha value is -1.10. The van der Waals surface area contributed by atoms with Crippen LogP contribution in [0.3, 0.4) is 0 Å². The minimum absolute atomic E-state index is 0.388. The highest BCUT2D eigenvalue weighted by atomic mass is 16.4. The van der Waals surface area contributed by atoms with Crippen LogP contribution in [0.25, 0.3) is 0 Å². The fourth-order valence-electron chi connectivity index (χ4n) is 1.45. The number of carbonyl (C=O) groups is 2. The molecule has 1 amide bonds. The summed E-state index contributed by atoms with van der Waals surface area (Å²) in [6, 6.07) is -1.54. The van der Waals surface area contributed by atoms with E-state index in [9.17, 15) is 9.59 Å². The lowest BCUT2D eigenvalue weighted by Crippen LogP contribution is -2.53. The van der Waals surface area contributed by atoms with Gasteiger partial charge in [-0.3, -0.25) is 4.79 Å². The lowest BCUT2D eigenvalue weighted by atomic mass is 9.86. The highest BCUT2D eigenvalue weighted by molar-refractivity contribution is 5.87. The molecule has 0 rings (SSSR count). The number of hydrogen-bond donors (Lipinski definition) is 3. The van der Waals surface area contributed by atoms with E-state index in [1.165, 1.54) is 0 Å². The third-order valence-electron chi connectivity index (χ3n) is 2.61. The Labute approximate surface area is 103 Å². The van der Waals surface area contributed by atoms with Crippen molar-refractivity contribution in [3.63, 3.8) is 0 Å². The molecule has 0 aliphatic rings. The largest absolute Gasteiger partial charge is 0.480 e. The number of carboxylic acids is 1. The van der Waals surface area contributed by atoms with Gasteiger partial charge in [0.2, 0.25) is 5.91 Å². The second-order valence-corrected chi connectivity index (χ2v) is 5.39. The Bertz CT molecular complexity index is 271. The number of carboxylic acid groups (broad SMARTS) is 1. The first-order chi connectivity index (χ1) is 7.70. The standard InChI is InChI=1S/C12H24N2O3/c1-5-6-7-8(13)10(15)14-9(11(16)17)12(2,3)4/h8-9H,5-7,13H2,1-4H3,(H,14,15)(H,16,17)/t8-,9+/m0/s1. The molecular formula is C12H24N2O3. The highest BCUT2D eigenvalue weighted by Gasteiger charge is 2.33. The molecule has 5 nitrogen and oxygen atoms in total. The average molecular weight is 244 g/mol. The summed E-state index contributed by atoms with van der Waals surface area (Å²) in [5, 5.41) is 11.6. The first-order valence-electron chi connectivity index (χ1n) is 5.99. The first-order valence-corrected chi connectivity index (χ1v) is 5.99. The van der Waals surface area contributed by atoms with Gasteiger partial charge in [-0.25, -0.2) is 4.79 Å². The van der Waals surface area contributed by atoms with E-state index < -0.39 is 23.5 Å². The summed E-state index contributed by atoms with van der Waals surface area (Å²) >= 11 is 0. The lowest BCUT2D eigenvalue weighted by Gasteiger charge is -2.28. The molecule has 2 atom stereocenters. The molecular weight excluding hydrogens is 220 g/mol. The van der Waals surface area contributed by atoms with Crippen molar-refractivity contribution in [1.29, 1.82) is 0 Å². The molecule has 0 aliphatic heterocycles. The number of rotatable bonds is 6. The van der Waals surface area contributed by atoms with E-state index in [0.29, 0.717) is 6.42 Å². The summed E-state index contributed by atoms with van der Waals surface area (Å²) in [4.78, 5) is 22.8. The Kier molecular flexibility index (Phi) is 6.16. The van der Waals surface area contributed by atoms with Crippen molar-refractivity contribution in [3.8, 4) is 0 Å². The summed E-state index contributed by atoms with van der Waals surface area (Å²) in [5.74, 6) is -1.42. The summed E-state index contributed by atoms with van der Waals surface area (Å²) in [7, 11) is 0. The normalized spacial score (nSPS) is 15.1. The van der Waals surface area contributed by atoms with Gasteiger partial charge in [-0.2, -0.15) is 0 Å². The van der Waals surface area contributed by atoms with Crippen molar-refractivity contribution in [1.82, 2.24) is 5.32 Å². The second-order valence-electron chi connectivity index (χ2n) is 5.39. The number of carbonyl (C=O) groups excluding carboxylic acids is 1. The molecule has 0 saturated heterocycles. The molecule has 0 spiro atoms. The molecule has 0 aromatic heterocycles. The van der Waals surface area contributed by atoms with Crippen LogP contribution in [0.4, 0.5) is 0 Å². The SMILES string of the molecule is CCCC[C@H](N)C(=O)N[C@H](C(=O)O)C(C)(C)C. The molecule has 0 radical (unpaired) electrons. The van der Waals surface area contributed by atoms with Crippen LogP contribution in [0, 0.1) is 5.41 Å². The van der Waals surface area contributed by atoms with Crippen molar-refractivity contribution in [2.24, 2.45) is 11.1 Å². The van der Waals surface area contributed by atoms with Gasteiger partial charge >= 0.3 is 5.97 Å². The Balaban J connectivity index is 4.47. The molecule has 17 heavy (non-hydrogen) atoms. The van der Waals surface area contributed by atoms with Crippen LogP contribution in [0.1, 0.15) is 47.0 Å². The average Bonchev–Trinajstić information content (AvgIpc) is 2.19. The van der Waals surface area contributed by atoms with Gasteiger partial charge in [0.25, 0.3) is 0 Å². The van der Waals surface area contributed by atoms with E-state index >= 15 is 0 Å². The summed E-state index contributed by atoms with van der Waals surface area (Å²) in [6.07, 6.45) is 2.41. The predicted molar refractivity (Wildman–Crippen MR) is 66.5 cm³/mol. The number of nitrogens with two attached hydrogens (primary N) is 1. The van der Waals surface area contributed by atoms with Gasteiger partial charge in [-0.1, -0.05) is 40.5 Å². The third-order valence-corrected chi connectivity index (χ3v) is 2.61. The van der Waals surface area contributed by atoms with Crippen molar-refractivity contribution in [3.05, 3.63) is 0 Å². The van der Waals surface area contributed by atoms with Crippen molar-refractivity contribution < 1.29 is 14.7 Å². The molecule has 0 unspecified atom stereocenters. The first kappa shape index (κ1) is 15.9. The van der Waals surface area contributed by atoms with E-state index in [4.69, 9.17) is 10.8 Å². The van der Waals surface area contributed by atoms with Crippen LogP contribution < -0.4 is 11.1 Å². The van der Waals surface area contributed by atoms with Crippen LogP contribution in [-0.2, 0) is 9.59 Å². The topological polar surface area (TPSA) is 92.4 Å². The molecule has 0 heterocycles. The van der Waals surface area contributed by atoms with Gasteiger partial charge < -0.3 is 16.2 Å². The molecule has 0 aliphatic carbocycles. The van der Waals surface area contributed by atoms with Gasteiger partial charge in [0, 0.05) is 0 Å². The van der Waals surface area contributed by atoms with E-state index in [1.807, 2.05) is 6.92 Å². The van der Waals surface area contributed by atoms with Gasteiger partial charge in [0.15, 0.2) is 0 Å². The molecule has 0 saturated carbocycles. The van der Waals surface area contributed by atoms with E-state index in [-0.39, 0.29) is 5.91 Å². The van der Waals surface area contributed by atoms with Gasteiger partial charge in [0.1, 0.15) is 6.04 Å². The van der Waals surface area contributed by atoms with Gasteiger partial charge in [0.05, 0.1) is 6.04 Å². The number of hydrogen-bond acceptors (Lipinski definition) is 3. The molecule has 0 bridgehead atoms. The smallest absolute Gasteiger partial charge is 0.326 e. The molecule has 100 valence electrons. The molecule has 0 aromatic carbocycles. The Morgan fingerprint density at radius 2 is 1.88 bits per heavy atom. The quantitative estimate of drug-likeness (QED) is 0.652. The minimum Gasteiger partial charge on any atom is -0.480 e. The van der Waals surface area contributed by atoms with Gasteiger partial charge in [-0.15, -0.1) is 0 Å². The zero-order valence-corrected chi connectivity index (χ0v) is 11.1. The van der Waals surface area contributed by atoms with E-state index in [0.717, 1.165) is 12.8 Å². The van der Waals surface area contributed by atoms with E-state index in [2.05, 4.69) is 5.32 Å². The summed E-state index contributed by atoms with van der Waals surface area (Å²) < 4.78 is 0. The van der Waals surface area contributed by atoms with Crippen LogP contribution in [0.15, 0.2) is 0 Å². The van der Waals surface area contributed by atoms with Crippen LogP contribution >= 0.6 is 0 Å².